The van der Waals surface area contributed by atoms with Crippen molar-refractivity contribution in [2.45, 2.75) is 56.8 Å². The Balaban J connectivity index is 1.70. The van der Waals surface area contributed by atoms with E-state index in [0.29, 0.717) is 18.1 Å². The van der Waals surface area contributed by atoms with Gasteiger partial charge in [-0.25, -0.2) is 0 Å². The number of benzene rings is 1. The zero-order valence-corrected chi connectivity index (χ0v) is 12.5. The molecule has 5 nitrogen and oxygen atoms in total. The Hall–Kier alpha value is -1.46. The third-order valence-corrected chi connectivity index (χ3v) is 5.05. The van der Waals surface area contributed by atoms with Gasteiger partial charge in [0, 0.05) is 36.8 Å². The van der Waals surface area contributed by atoms with E-state index < -0.39 is 0 Å². The van der Waals surface area contributed by atoms with Gasteiger partial charge in [0.15, 0.2) is 0 Å². The predicted molar refractivity (Wildman–Crippen MR) is 82.1 cm³/mol. The highest BCUT2D eigenvalue weighted by Gasteiger charge is 2.37. The van der Waals surface area contributed by atoms with Crippen molar-refractivity contribution < 1.29 is 4.92 Å². The van der Waals surface area contributed by atoms with Gasteiger partial charge >= 0.3 is 0 Å². The molecule has 5 heteroatoms. The molecule has 2 atom stereocenters. The topological polar surface area (TPSA) is 58.4 Å². The van der Waals surface area contributed by atoms with Gasteiger partial charge in [0.05, 0.1) is 4.92 Å². The van der Waals surface area contributed by atoms with Crippen molar-refractivity contribution in [3.8, 4) is 0 Å². The van der Waals surface area contributed by atoms with Crippen LogP contribution in [0.4, 0.5) is 5.69 Å². The fraction of sp³-hybridized carbons (Fsp3) is 0.625. The summed E-state index contributed by atoms with van der Waals surface area (Å²) in [7, 11) is 2.06. The number of non-ortho nitro benzene ring substituents is 1. The molecule has 2 unspecified atom stereocenters. The molecule has 0 radical (unpaired) electrons. The molecule has 2 aliphatic rings. The first-order chi connectivity index (χ1) is 10.2. The summed E-state index contributed by atoms with van der Waals surface area (Å²) in [5, 5.41) is 14.2. The van der Waals surface area contributed by atoms with E-state index in [4.69, 9.17) is 0 Å². The number of nitro groups is 1. The number of piperidine rings is 2. The lowest BCUT2D eigenvalue weighted by Crippen LogP contribution is -2.55. The Bertz CT molecular complexity index is 489. The van der Waals surface area contributed by atoms with Crippen molar-refractivity contribution in [1.82, 2.24) is 10.2 Å². The number of nitrogens with zero attached hydrogens (tertiary/aromatic N) is 2. The van der Waals surface area contributed by atoms with Crippen LogP contribution in [-0.4, -0.2) is 35.0 Å². The van der Waals surface area contributed by atoms with Crippen molar-refractivity contribution in [3.05, 3.63) is 39.9 Å². The average molecular weight is 289 g/mol. The molecule has 114 valence electrons. The summed E-state index contributed by atoms with van der Waals surface area (Å²) < 4.78 is 0. The second kappa shape index (κ2) is 6.12. The predicted octanol–water partition coefficient (Wildman–Crippen LogP) is 2.70. The van der Waals surface area contributed by atoms with Crippen molar-refractivity contribution in [1.29, 1.82) is 0 Å². The van der Waals surface area contributed by atoms with Crippen LogP contribution in [-0.2, 0) is 6.54 Å². The minimum atomic E-state index is -0.336. The van der Waals surface area contributed by atoms with Crippen molar-refractivity contribution in [2.75, 3.05) is 7.05 Å². The maximum absolute atomic E-state index is 10.7. The lowest BCUT2D eigenvalue weighted by Gasteiger charge is -2.49. The highest BCUT2D eigenvalue weighted by atomic mass is 16.6. The molecule has 2 aliphatic heterocycles. The Morgan fingerprint density at radius 1 is 1.24 bits per heavy atom. The van der Waals surface area contributed by atoms with Crippen LogP contribution in [0.3, 0.4) is 0 Å². The Labute approximate surface area is 125 Å². The maximum atomic E-state index is 10.7. The summed E-state index contributed by atoms with van der Waals surface area (Å²) in [5.74, 6) is 0. The molecule has 21 heavy (non-hydrogen) atoms. The summed E-state index contributed by atoms with van der Waals surface area (Å²) in [6.45, 7) is 0.920. The molecule has 0 amide bonds. The molecule has 2 saturated heterocycles. The largest absolute Gasteiger partial charge is 0.317 e. The molecular weight excluding hydrogens is 266 g/mol. The van der Waals surface area contributed by atoms with Gasteiger partial charge in [-0.1, -0.05) is 18.6 Å². The SMILES string of the molecule is CNC1CC2CCCC(C1)N2Cc1ccc([N+](=O)[O-])cc1. The van der Waals surface area contributed by atoms with Gasteiger partial charge in [-0.3, -0.25) is 15.0 Å². The minimum Gasteiger partial charge on any atom is -0.317 e. The second-order valence-electron chi connectivity index (χ2n) is 6.29. The van der Waals surface area contributed by atoms with Crippen LogP contribution >= 0.6 is 0 Å². The van der Waals surface area contributed by atoms with Crippen LogP contribution in [0.15, 0.2) is 24.3 Å². The third kappa shape index (κ3) is 3.09. The molecule has 0 spiro atoms. The normalized spacial score (nSPS) is 29.3. The van der Waals surface area contributed by atoms with Gasteiger partial charge in [-0.05, 0) is 38.3 Å². The minimum absolute atomic E-state index is 0.174. The molecule has 0 saturated carbocycles. The first kappa shape index (κ1) is 14.5. The Morgan fingerprint density at radius 3 is 2.38 bits per heavy atom. The van der Waals surface area contributed by atoms with Gasteiger partial charge in [0.2, 0.25) is 0 Å². The van der Waals surface area contributed by atoms with Gasteiger partial charge in [0.1, 0.15) is 0 Å². The zero-order valence-electron chi connectivity index (χ0n) is 12.5. The van der Waals surface area contributed by atoms with Crippen molar-refractivity contribution in [2.24, 2.45) is 0 Å². The number of rotatable bonds is 4. The fourth-order valence-electron chi connectivity index (χ4n) is 3.91. The van der Waals surface area contributed by atoms with Gasteiger partial charge in [-0.15, -0.1) is 0 Å². The smallest absolute Gasteiger partial charge is 0.269 e. The highest BCUT2D eigenvalue weighted by molar-refractivity contribution is 5.32. The van der Waals surface area contributed by atoms with Crippen LogP contribution in [0.25, 0.3) is 0 Å². The number of nitrogens with one attached hydrogen (secondary N) is 1. The summed E-state index contributed by atoms with van der Waals surface area (Å²) in [6, 6.07) is 9.00. The second-order valence-corrected chi connectivity index (χ2v) is 6.29. The molecule has 1 aromatic carbocycles. The van der Waals surface area contributed by atoms with Crippen LogP contribution in [0.1, 0.15) is 37.7 Å². The van der Waals surface area contributed by atoms with Crippen molar-refractivity contribution >= 4 is 5.69 Å². The van der Waals surface area contributed by atoms with E-state index in [-0.39, 0.29) is 10.6 Å². The standard InChI is InChI=1S/C16H23N3O2/c1-17-13-9-15-3-2-4-16(10-13)18(15)11-12-5-7-14(8-6-12)19(20)21/h5-8,13,15-17H,2-4,9-11H2,1H3. The molecule has 1 N–H and O–H groups in total. The van der Waals surface area contributed by atoms with Gasteiger partial charge in [-0.2, -0.15) is 0 Å². The molecular formula is C16H23N3O2. The lowest BCUT2D eigenvalue weighted by atomic mass is 9.81. The number of fused-ring (bicyclic) bond motifs is 2. The van der Waals surface area contributed by atoms with E-state index >= 15 is 0 Å². The van der Waals surface area contributed by atoms with E-state index in [2.05, 4.69) is 17.3 Å². The first-order valence-electron chi connectivity index (χ1n) is 7.83. The number of nitro benzene ring substituents is 1. The summed E-state index contributed by atoms with van der Waals surface area (Å²) in [5.41, 5.74) is 1.35. The van der Waals surface area contributed by atoms with Crippen LogP contribution in [0.2, 0.25) is 0 Å². The van der Waals surface area contributed by atoms with Gasteiger partial charge in [0.25, 0.3) is 5.69 Å². The molecule has 1 aromatic rings. The van der Waals surface area contributed by atoms with Crippen LogP contribution in [0.5, 0.6) is 0 Å². The summed E-state index contributed by atoms with van der Waals surface area (Å²) >= 11 is 0. The molecule has 0 aromatic heterocycles. The molecule has 2 bridgehead atoms. The molecule has 2 heterocycles. The maximum Gasteiger partial charge on any atom is 0.269 e. The van der Waals surface area contributed by atoms with E-state index in [1.54, 1.807) is 12.1 Å². The lowest BCUT2D eigenvalue weighted by molar-refractivity contribution is -0.384. The summed E-state index contributed by atoms with van der Waals surface area (Å²) in [4.78, 5) is 13.0. The number of hydrogen-bond donors (Lipinski definition) is 1. The Kier molecular flexibility index (Phi) is 4.22. The van der Waals surface area contributed by atoms with E-state index in [0.717, 1.165) is 6.54 Å². The molecule has 3 rings (SSSR count). The fourth-order valence-corrected chi connectivity index (χ4v) is 3.91. The van der Waals surface area contributed by atoms with Crippen LogP contribution in [0, 0.1) is 10.1 Å². The molecule has 2 fully saturated rings. The Morgan fingerprint density at radius 2 is 1.86 bits per heavy atom. The van der Waals surface area contributed by atoms with E-state index in [1.165, 1.54) is 37.7 Å². The third-order valence-electron chi connectivity index (χ3n) is 5.05. The monoisotopic (exact) mass is 289 g/mol. The quantitative estimate of drug-likeness (QED) is 0.684. The zero-order chi connectivity index (χ0) is 14.8. The molecule has 0 aliphatic carbocycles. The first-order valence-corrected chi connectivity index (χ1v) is 7.83. The van der Waals surface area contributed by atoms with Crippen LogP contribution < -0.4 is 5.32 Å². The van der Waals surface area contributed by atoms with E-state index in [1.807, 2.05) is 12.1 Å². The van der Waals surface area contributed by atoms with Crippen molar-refractivity contribution in [3.63, 3.8) is 0 Å². The highest BCUT2D eigenvalue weighted by Crippen LogP contribution is 2.35. The average Bonchev–Trinajstić information content (AvgIpc) is 2.47. The van der Waals surface area contributed by atoms with E-state index in [9.17, 15) is 10.1 Å². The number of hydrogen-bond acceptors (Lipinski definition) is 4. The summed E-state index contributed by atoms with van der Waals surface area (Å²) in [6.07, 6.45) is 6.34. The van der Waals surface area contributed by atoms with Gasteiger partial charge < -0.3 is 5.32 Å².